The molecule has 2 aromatic heterocycles. The first-order chi connectivity index (χ1) is 9.65. The van der Waals surface area contributed by atoms with E-state index in [0.717, 1.165) is 25.6 Å². The van der Waals surface area contributed by atoms with Crippen LogP contribution < -0.4 is 4.57 Å². The average Bonchev–Trinajstić information content (AvgIpc) is 2.75. The van der Waals surface area contributed by atoms with Gasteiger partial charge in [0, 0.05) is 15.5 Å². The maximum Gasteiger partial charge on any atom is 0.249 e. The molecule has 0 fully saturated rings. The summed E-state index contributed by atoms with van der Waals surface area (Å²) in [6, 6.07) is 9.84. The van der Waals surface area contributed by atoms with Crippen molar-refractivity contribution in [1.29, 1.82) is 0 Å². The molecule has 0 unspecified atom stereocenters. The molecule has 0 aliphatic rings. The molecule has 0 spiro atoms. The molecule has 0 aliphatic heterocycles. The molecule has 0 bridgehead atoms. The monoisotopic (exact) mass is 286 g/mol. The summed E-state index contributed by atoms with van der Waals surface area (Å²) in [6.45, 7) is 0. The summed E-state index contributed by atoms with van der Waals surface area (Å²) >= 11 is 1.53. The minimum atomic E-state index is -0.246. The molecule has 0 saturated carbocycles. The molecule has 0 amide bonds. The summed E-state index contributed by atoms with van der Waals surface area (Å²) in [4.78, 5) is 0. The smallest absolute Gasteiger partial charge is 0.207 e. The molecule has 0 N–H and O–H groups in total. The van der Waals surface area contributed by atoms with E-state index in [2.05, 4.69) is 0 Å². The van der Waals surface area contributed by atoms with Crippen molar-refractivity contribution >= 4 is 42.4 Å². The number of thiophene rings is 1. The van der Waals surface area contributed by atoms with E-state index in [4.69, 9.17) is 0 Å². The molecule has 0 radical (unpaired) electrons. The van der Waals surface area contributed by atoms with Gasteiger partial charge in [-0.25, -0.2) is 4.39 Å². The molecule has 4 aromatic rings. The molecule has 4 heteroatoms. The Morgan fingerprint density at radius 2 is 1.85 bits per heavy atom. The quantitative estimate of drug-likeness (QED) is 0.424. The highest BCUT2D eigenvalue weighted by Crippen LogP contribution is 2.37. The van der Waals surface area contributed by atoms with Crippen LogP contribution in [0.4, 0.5) is 8.78 Å². The van der Waals surface area contributed by atoms with E-state index >= 15 is 0 Å². The predicted octanol–water partition coefficient (Wildman–Crippen LogP) is 4.31. The van der Waals surface area contributed by atoms with Gasteiger partial charge in [0.05, 0.1) is 5.39 Å². The lowest BCUT2D eigenvalue weighted by molar-refractivity contribution is -0.644. The van der Waals surface area contributed by atoms with Gasteiger partial charge in [-0.2, -0.15) is 8.96 Å². The van der Waals surface area contributed by atoms with Gasteiger partial charge in [0.25, 0.3) is 0 Å². The number of benzene rings is 2. The van der Waals surface area contributed by atoms with Gasteiger partial charge in [0.2, 0.25) is 5.52 Å². The first kappa shape index (κ1) is 11.7. The number of hydrogen-bond acceptors (Lipinski definition) is 1. The van der Waals surface area contributed by atoms with Crippen molar-refractivity contribution in [3.63, 3.8) is 0 Å². The number of aryl methyl sites for hydroxylation is 1. The van der Waals surface area contributed by atoms with Crippen molar-refractivity contribution in [2.24, 2.45) is 7.05 Å². The van der Waals surface area contributed by atoms with Gasteiger partial charge in [-0.1, -0.05) is 6.07 Å². The third-order valence-corrected chi connectivity index (χ3v) is 4.69. The van der Waals surface area contributed by atoms with Crippen LogP contribution in [-0.2, 0) is 7.05 Å². The maximum atomic E-state index is 14.1. The third-order valence-electron chi connectivity index (χ3n) is 3.60. The minimum absolute atomic E-state index is 0.242. The van der Waals surface area contributed by atoms with Crippen LogP contribution in [0, 0.1) is 11.6 Å². The first-order valence-electron chi connectivity index (χ1n) is 6.24. The van der Waals surface area contributed by atoms with Crippen molar-refractivity contribution in [3.8, 4) is 0 Å². The van der Waals surface area contributed by atoms with Crippen molar-refractivity contribution in [1.82, 2.24) is 0 Å². The second-order valence-electron chi connectivity index (χ2n) is 4.86. The zero-order chi connectivity index (χ0) is 13.9. The van der Waals surface area contributed by atoms with Gasteiger partial charge in [-0.15, -0.1) is 11.3 Å². The van der Waals surface area contributed by atoms with Crippen LogP contribution in [0.1, 0.15) is 0 Å². The highest BCUT2D eigenvalue weighted by atomic mass is 32.1. The van der Waals surface area contributed by atoms with Crippen LogP contribution in [-0.4, -0.2) is 0 Å². The highest BCUT2D eigenvalue weighted by Gasteiger charge is 2.18. The first-order valence-corrected chi connectivity index (χ1v) is 7.05. The summed E-state index contributed by atoms with van der Waals surface area (Å²) in [5.74, 6) is -0.489. The van der Waals surface area contributed by atoms with E-state index in [0.29, 0.717) is 5.52 Å². The number of rotatable bonds is 0. The number of pyridine rings is 1. The lowest BCUT2D eigenvalue weighted by Gasteiger charge is -2.00. The summed E-state index contributed by atoms with van der Waals surface area (Å²) < 4.78 is 31.1. The molecule has 4 rings (SSSR count). The lowest BCUT2D eigenvalue weighted by atomic mass is 10.1. The molecular weight excluding hydrogens is 276 g/mol. The normalized spacial score (nSPS) is 11.8. The predicted molar refractivity (Wildman–Crippen MR) is 77.9 cm³/mol. The number of para-hydroxylation sites is 1. The Morgan fingerprint density at radius 3 is 2.70 bits per heavy atom. The van der Waals surface area contributed by atoms with Crippen LogP contribution in [0.25, 0.3) is 31.1 Å². The van der Waals surface area contributed by atoms with Crippen LogP contribution >= 0.6 is 11.3 Å². The van der Waals surface area contributed by atoms with E-state index in [1.165, 1.54) is 29.5 Å². The second kappa shape index (κ2) is 3.96. The average molecular weight is 286 g/mol. The Kier molecular flexibility index (Phi) is 2.32. The summed E-state index contributed by atoms with van der Waals surface area (Å²) in [6.07, 6.45) is 1.91. The van der Waals surface area contributed by atoms with Crippen molar-refractivity contribution in [2.45, 2.75) is 0 Å². The molecule has 2 aromatic carbocycles. The molecule has 20 heavy (non-hydrogen) atoms. The Hall–Kier alpha value is -2.07. The lowest BCUT2D eigenvalue weighted by Crippen LogP contribution is -2.29. The van der Waals surface area contributed by atoms with Gasteiger partial charge in [0.15, 0.2) is 12.0 Å². The van der Waals surface area contributed by atoms with Gasteiger partial charge in [-0.05, 0) is 30.3 Å². The number of aromatic nitrogens is 1. The van der Waals surface area contributed by atoms with Crippen LogP contribution in [0.2, 0.25) is 0 Å². The van der Waals surface area contributed by atoms with E-state index in [-0.39, 0.29) is 11.6 Å². The van der Waals surface area contributed by atoms with E-state index in [1.54, 1.807) is 16.7 Å². The molecule has 2 heterocycles. The van der Waals surface area contributed by atoms with Crippen LogP contribution in [0.3, 0.4) is 0 Å². The molecule has 0 aliphatic carbocycles. The zero-order valence-corrected chi connectivity index (χ0v) is 11.5. The summed E-state index contributed by atoms with van der Waals surface area (Å²) in [5.41, 5.74) is 0.573. The fraction of sp³-hybridized carbons (Fsp3) is 0.0625. The molecule has 1 nitrogen and oxygen atoms in total. The van der Waals surface area contributed by atoms with Crippen LogP contribution in [0.15, 0.2) is 42.6 Å². The number of fused-ring (bicyclic) bond motifs is 5. The number of hydrogen-bond donors (Lipinski definition) is 0. The molecular formula is C16H10F2NS+. The standard InChI is InChI=1S/C16H10F2NS/c1-19-8-14-15(11-3-2-4-12(18)16(11)19)10-6-5-9(17)7-13(10)20-14/h2-8H,1H3/q+1. The number of halogens is 2. The van der Waals surface area contributed by atoms with Gasteiger partial charge < -0.3 is 0 Å². The molecule has 0 saturated heterocycles. The van der Waals surface area contributed by atoms with Crippen LogP contribution in [0.5, 0.6) is 0 Å². The minimum Gasteiger partial charge on any atom is -0.207 e. The largest absolute Gasteiger partial charge is 0.249 e. The highest BCUT2D eigenvalue weighted by molar-refractivity contribution is 7.26. The van der Waals surface area contributed by atoms with Gasteiger partial charge in [0.1, 0.15) is 17.6 Å². The van der Waals surface area contributed by atoms with Crippen molar-refractivity contribution < 1.29 is 13.3 Å². The topological polar surface area (TPSA) is 3.88 Å². The Labute approximate surface area is 117 Å². The van der Waals surface area contributed by atoms with Crippen molar-refractivity contribution in [2.75, 3.05) is 0 Å². The Bertz CT molecular complexity index is 988. The fourth-order valence-electron chi connectivity index (χ4n) is 2.77. The van der Waals surface area contributed by atoms with E-state index in [9.17, 15) is 8.78 Å². The molecule has 0 atom stereocenters. The molecule has 98 valence electrons. The SMILES string of the molecule is C[n+]1cc2sc3cc(F)ccc3c2c2cccc(F)c21. The third kappa shape index (κ3) is 1.48. The summed E-state index contributed by atoms with van der Waals surface area (Å²) in [7, 11) is 1.83. The van der Waals surface area contributed by atoms with Gasteiger partial charge >= 0.3 is 0 Å². The second-order valence-corrected chi connectivity index (χ2v) is 5.94. The fourth-order valence-corrected chi connectivity index (χ4v) is 4.00. The number of nitrogens with zero attached hydrogens (tertiary/aromatic N) is 1. The Morgan fingerprint density at radius 1 is 1.00 bits per heavy atom. The zero-order valence-electron chi connectivity index (χ0n) is 10.7. The maximum absolute atomic E-state index is 14.1. The van der Waals surface area contributed by atoms with Crippen molar-refractivity contribution in [3.05, 3.63) is 54.2 Å². The van der Waals surface area contributed by atoms with E-state index < -0.39 is 0 Å². The Balaban J connectivity index is 2.34. The van der Waals surface area contributed by atoms with Gasteiger partial charge in [-0.3, -0.25) is 0 Å². The van der Waals surface area contributed by atoms with E-state index in [1.807, 2.05) is 19.3 Å². The summed E-state index contributed by atoms with van der Waals surface area (Å²) in [5, 5.41) is 2.84.